The predicted molar refractivity (Wildman–Crippen MR) is 177 cm³/mol. The summed E-state index contributed by atoms with van der Waals surface area (Å²) in [6.45, 7) is 5.44. The number of carbonyl (C=O) groups is 5. The fourth-order valence-electron chi connectivity index (χ4n) is 4.34. The van der Waals surface area contributed by atoms with Gasteiger partial charge in [-0.05, 0) is 81.1 Å². The Morgan fingerprint density at radius 3 is 2.19 bits per heavy atom. The van der Waals surface area contributed by atoms with Crippen LogP contribution >= 0.6 is 11.8 Å². The van der Waals surface area contributed by atoms with E-state index in [1.807, 2.05) is 12.1 Å². The van der Waals surface area contributed by atoms with E-state index in [0.717, 1.165) is 27.8 Å². The van der Waals surface area contributed by atoms with Crippen LogP contribution < -0.4 is 30.3 Å². The summed E-state index contributed by atoms with van der Waals surface area (Å²) >= 11 is 0.952. The maximum absolute atomic E-state index is 12.7. The summed E-state index contributed by atoms with van der Waals surface area (Å²) < 4.78 is 16.8. The first-order valence-electron chi connectivity index (χ1n) is 14.6. The van der Waals surface area contributed by atoms with Gasteiger partial charge in [0.15, 0.2) is 6.61 Å². The Balaban J connectivity index is 1.32. The van der Waals surface area contributed by atoms with E-state index < -0.39 is 28.9 Å². The van der Waals surface area contributed by atoms with Gasteiger partial charge in [0.2, 0.25) is 5.91 Å². The molecule has 248 valence electrons. The van der Waals surface area contributed by atoms with Gasteiger partial charge in [0, 0.05) is 19.7 Å². The van der Waals surface area contributed by atoms with E-state index in [1.54, 1.807) is 63.2 Å². The van der Waals surface area contributed by atoms with Gasteiger partial charge in [-0.25, -0.2) is 9.59 Å². The molecule has 0 spiro atoms. The third-order valence-electron chi connectivity index (χ3n) is 6.61. The summed E-state index contributed by atoms with van der Waals surface area (Å²) in [7, 11) is 1.35. The van der Waals surface area contributed by atoms with Crippen LogP contribution in [0.2, 0.25) is 0 Å². The number of anilines is 2. The van der Waals surface area contributed by atoms with E-state index in [2.05, 4.69) is 16.0 Å². The van der Waals surface area contributed by atoms with E-state index in [4.69, 9.17) is 14.2 Å². The van der Waals surface area contributed by atoms with Crippen molar-refractivity contribution in [3.8, 4) is 17.2 Å². The third-order valence-corrected chi connectivity index (χ3v) is 7.60. The Morgan fingerprint density at radius 2 is 1.57 bits per heavy atom. The van der Waals surface area contributed by atoms with Crippen molar-refractivity contribution in [3.63, 3.8) is 0 Å². The van der Waals surface area contributed by atoms with Crippen LogP contribution in [0.25, 0.3) is 0 Å². The number of rotatable bonds is 12. The van der Waals surface area contributed by atoms with E-state index in [0.29, 0.717) is 36.6 Å². The van der Waals surface area contributed by atoms with Crippen LogP contribution in [0.5, 0.6) is 17.2 Å². The average molecular weight is 665 g/mol. The molecule has 1 saturated heterocycles. The summed E-state index contributed by atoms with van der Waals surface area (Å²) in [5.74, 6) is 0.436. The van der Waals surface area contributed by atoms with Gasteiger partial charge in [-0.15, -0.1) is 0 Å². The fourth-order valence-corrected chi connectivity index (χ4v) is 5.20. The van der Waals surface area contributed by atoms with E-state index in [9.17, 15) is 29.1 Å². The second-order valence-electron chi connectivity index (χ2n) is 11.5. The monoisotopic (exact) mass is 664 g/mol. The SMILES string of the molecule is CN(C(=O)O)c1cc(Oc2ccc(CCNC(=O)OC(C)(C)C)cc2)ccc1NC(=O)COc1ccc(CC2SC(=O)NC2=O)cc1. The van der Waals surface area contributed by atoms with Gasteiger partial charge in [0.05, 0.1) is 16.6 Å². The van der Waals surface area contributed by atoms with Crippen molar-refractivity contribution in [3.05, 3.63) is 77.9 Å². The highest BCUT2D eigenvalue weighted by molar-refractivity contribution is 8.15. The maximum Gasteiger partial charge on any atom is 0.411 e. The Morgan fingerprint density at radius 1 is 0.936 bits per heavy atom. The van der Waals surface area contributed by atoms with Crippen LogP contribution in [0, 0.1) is 0 Å². The Labute approximate surface area is 275 Å². The van der Waals surface area contributed by atoms with Crippen LogP contribution in [0.3, 0.4) is 0 Å². The van der Waals surface area contributed by atoms with Crippen LogP contribution in [0.15, 0.2) is 66.7 Å². The summed E-state index contributed by atoms with van der Waals surface area (Å²) in [6, 6.07) is 18.7. The summed E-state index contributed by atoms with van der Waals surface area (Å²) in [5.41, 5.74) is 1.64. The Hall–Kier alpha value is -5.24. The lowest BCUT2D eigenvalue weighted by Gasteiger charge is -2.20. The fraction of sp³-hybridized carbons (Fsp3) is 0.303. The molecular formula is C33H36N4O9S. The van der Waals surface area contributed by atoms with Crippen LogP contribution in [-0.2, 0) is 27.2 Å². The molecule has 0 saturated carbocycles. The molecule has 4 N–H and O–H groups in total. The standard InChI is InChI=1S/C33H36N4O9S/c1-33(2,3)46-30(40)34-16-15-20-5-11-23(12-6-20)45-24-13-14-25(26(18-24)37(4)32(42)43)35-28(38)19-44-22-9-7-21(8-10-22)17-27-29(39)36-31(41)47-27/h5-14,18,27H,15-17,19H2,1-4H3,(H,34,40)(H,35,38)(H,42,43)(H,36,39,41). The van der Waals surface area contributed by atoms with E-state index in [1.165, 1.54) is 19.2 Å². The largest absolute Gasteiger partial charge is 0.484 e. The quantitative estimate of drug-likeness (QED) is 0.192. The third kappa shape index (κ3) is 10.7. The highest BCUT2D eigenvalue weighted by Crippen LogP contribution is 2.33. The number of carboxylic acid groups (broad SMARTS) is 1. The second kappa shape index (κ2) is 15.4. The highest BCUT2D eigenvalue weighted by Gasteiger charge is 2.31. The number of hydrogen-bond acceptors (Lipinski definition) is 9. The molecule has 0 radical (unpaired) electrons. The number of benzene rings is 3. The maximum atomic E-state index is 12.7. The highest BCUT2D eigenvalue weighted by atomic mass is 32.2. The number of hydrogen-bond donors (Lipinski definition) is 4. The van der Waals surface area contributed by atoms with Crippen LogP contribution in [0.1, 0.15) is 31.9 Å². The molecule has 14 heteroatoms. The molecule has 1 atom stereocenters. The first-order chi connectivity index (χ1) is 22.3. The molecule has 3 aromatic rings. The van der Waals surface area contributed by atoms with Crippen molar-refractivity contribution in [2.24, 2.45) is 0 Å². The lowest BCUT2D eigenvalue weighted by atomic mass is 10.1. The topological polar surface area (TPSA) is 173 Å². The molecule has 13 nitrogen and oxygen atoms in total. The van der Waals surface area contributed by atoms with Crippen molar-refractivity contribution in [2.75, 3.05) is 30.4 Å². The first-order valence-corrected chi connectivity index (χ1v) is 15.5. The smallest absolute Gasteiger partial charge is 0.411 e. The zero-order valence-corrected chi connectivity index (χ0v) is 27.1. The number of amides is 5. The molecular weight excluding hydrogens is 628 g/mol. The van der Waals surface area contributed by atoms with Crippen molar-refractivity contribution < 1.29 is 43.3 Å². The Kier molecular flexibility index (Phi) is 11.3. The van der Waals surface area contributed by atoms with Gasteiger partial charge in [0.1, 0.15) is 22.8 Å². The number of nitrogens with one attached hydrogen (secondary N) is 3. The lowest BCUT2D eigenvalue weighted by Crippen LogP contribution is -2.33. The zero-order chi connectivity index (χ0) is 34.1. The molecule has 5 amide bonds. The molecule has 1 fully saturated rings. The molecule has 1 unspecified atom stereocenters. The van der Waals surface area contributed by atoms with Gasteiger partial charge in [-0.2, -0.15) is 0 Å². The molecule has 0 bridgehead atoms. The van der Waals surface area contributed by atoms with Gasteiger partial charge in [-0.3, -0.25) is 24.6 Å². The van der Waals surface area contributed by atoms with Crippen molar-refractivity contribution >= 4 is 52.4 Å². The minimum absolute atomic E-state index is 0.185. The first kappa shape index (κ1) is 34.6. The molecule has 1 aliphatic heterocycles. The number of ether oxygens (including phenoxy) is 3. The van der Waals surface area contributed by atoms with Gasteiger partial charge in [-0.1, -0.05) is 36.0 Å². The van der Waals surface area contributed by atoms with E-state index >= 15 is 0 Å². The van der Waals surface area contributed by atoms with Crippen molar-refractivity contribution in [1.29, 1.82) is 0 Å². The minimum atomic E-state index is -1.24. The minimum Gasteiger partial charge on any atom is -0.484 e. The van der Waals surface area contributed by atoms with Crippen LogP contribution in [0.4, 0.5) is 25.8 Å². The van der Waals surface area contributed by atoms with Crippen molar-refractivity contribution in [2.45, 2.75) is 44.5 Å². The number of nitrogens with zero attached hydrogens (tertiary/aromatic N) is 1. The molecule has 3 aromatic carbocycles. The van der Waals surface area contributed by atoms with E-state index in [-0.39, 0.29) is 29.1 Å². The van der Waals surface area contributed by atoms with Gasteiger partial charge >= 0.3 is 12.2 Å². The van der Waals surface area contributed by atoms with Crippen molar-refractivity contribution in [1.82, 2.24) is 10.6 Å². The average Bonchev–Trinajstić information content (AvgIpc) is 3.32. The molecule has 4 rings (SSSR count). The predicted octanol–water partition coefficient (Wildman–Crippen LogP) is 5.57. The number of alkyl carbamates (subject to hydrolysis) is 1. The molecule has 1 heterocycles. The molecule has 0 aliphatic carbocycles. The normalized spacial score (nSPS) is 14.2. The number of carbonyl (C=O) groups excluding carboxylic acids is 4. The summed E-state index contributed by atoms with van der Waals surface area (Å²) in [4.78, 5) is 60.5. The van der Waals surface area contributed by atoms with Crippen LogP contribution in [-0.4, -0.2) is 65.4 Å². The molecule has 0 aromatic heterocycles. The number of thioether (sulfide) groups is 1. The second-order valence-corrected chi connectivity index (χ2v) is 12.7. The van der Waals surface area contributed by atoms with Gasteiger partial charge < -0.3 is 30.0 Å². The number of imide groups is 1. The summed E-state index contributed by atoms with van der Waals surface area (Å²) in [5, 5.41) is 16.4. The molecule has 47 heavy (non-hydrogen) atoms. The Bertz CT molecular complexity index is 1620. The zero-order valence-electron chi connectivity index (χ0n) is 26.3. The summed E-state index contributed by atoms with van der Waals surface area (Å²) in [6.07, 6.45) is -0.760. The molecule has 1 aliphatic rings. The lowest BCUT2D eigenvalue weighted by molar-refractivity contribution is -0.119. The van der Waals surface area contributed by atoms with Gasteiger partial charge in [0.25, 0.3) is 11.1 Å².